The summed E-state index contributed by atoms with van der Waals surface area (Å²) in [6.07, 6.45) is -3.65. The van der Waals surface area contributed by atoms with Gasteiger partial charge in [-0.15, -0.1) is 0 Å². The summed E-state index contributed by atoms with van der Waals surface area (Å²) in [6, 6.07) is 10.3. The van der Waals surface area contributed by atoms with Gasteiger partial charge in [0.1, 0.15) is 0 Å². The molecule has 1 heterocycles. The normalized spacial score (nSPS) is 13.8. The minimum atomic E-state index is -4.47. The lowest BCUT2D eigenvalue weighted by Crippen LogP contribution is -2.26. The van der Waals surface area contributed by atoms with Gasteiger partial charge in [0.05, 0.1) is 22.0 Å². The lowest BCUT2D eigenvalue weighted by atomic mass is 10.1. The highest BCUT2D eigenvalue weighted by molar-refractivity contribution is 7.99. The third kappa shape index (κ3) is 3.76. The van der Waals surface area contributed by atoms with Crippen LogP contribution in [0, 0.1) is 0 Å². The van der Waals surface area contributed by atoms with Crippen molar-refractivity contribution in [1.82, 2.24) is 4.90 Å². The molecule has 2 aromatic rings. The fourth-order valence-electron chi connectivity index (χ4n) is 2.88. The van der Waals surface area contributed by atoms with Gasteiger partial charge in [0.15, 0.2) is 0 Å². The molecule has 2 nitrogen and oxygen atoms in total. The van der Waals surface area contributed by atoms with E-state index in [1.54, 1.807) is 0 Å². The zero-order valence-corrected chi connectivity index (χ0v) is 15.5. The first kappa shape index (κ1) is 18.4. The van der Waals surface area contributed by atoms with E-state index in [2.05, 4.69) is 4.90 Å². The van der Waals surface area contributed by atoms with E-state index < -0.39 is 11.7 Å². The smallest absolute Gasteiger partial charge is 0.338 e. The molecule has 0 bridgehead atoms. The van der Waals surface area contributed by atoms with Crippen LogP contribution < -0.4 is 4.90 Å². The number of rotatable bonds is 4. The molecule has 0 saturated heterocycles. The number of anilines is 2. The van der Waals surface area contributed by atoms with Crippen molar-refractivity contribution < 1.29 is 13.2 Å². The number of fused-ring (bicyclic) bond motifs is 2. The summed E-state index contributed by atoms with van der Waals surface area (Å²) in [5.74, 6) is 0. The van der Waals surface area contributed by atoms with Crippen LogP contribution in [0.5, 0.6) is 0 Å². The van der Waals surface area contributed by atoms with Gasteiger partial charge in [-0.2, -0.15) is 13.2 Å². The Bertz CT molecular complexity index is 777. The Morgan fingerprint density at radius 1 is 1.08 bits per heavy atom. The van der Waals surface area contributed by atoms with Crippen LogP contribution in [0.25, 0.3) is 0 Å². The lowest BCUT2D eigenvalue weighted by molar-refractivity contribution is -0.137. The zero-order valence-electron chi connectivity index (χ0n) is 13.9. The highest BCUT2D eigenvalue weighted by atomic mass is 35.5. The minimum absolute atomic E-state index is 0.225. The van der Waals surface area contributed by atoms with Gasteiger partial charge in [0, 0.05) is 16.3 Å². The van der Waals surface area contributed by atoms with Crippen molar-refractivity contribution in [3.8, 4) is 0 Å². The molecule has 0 spiro atoms. The molecule has 0 atom stereocenters. The molecule has 1 aliphatic heterocycles. The number of hydrogen-bond donors (Lipinski definition) is 0. The second kappa shape index (κ2) is 7.09. The molecule has 0 saturated carbocycles. The van der Waals surface area contributed by atoms with E-state index in [-0.39, 0.29) is 5.02 Å². The largest absolute Gasteiger partial charge is 0.417 e. The maximum atomic E-state index is 13.3. The first-order valence-electron chi connectivity index (χ1n) is 7.88. The third-order valence-electron chi connectivity index (χ3n) is 4.02. The van der Waals surface area contributed by atoms with E-state index in [1.807, 2.05) is 43.3 Å². The van der Waals surface area contributed by atoms with Crippen LogP contribution in [0.3, 0.4) is 0 Å². The Morgan fingerprint density at radius 2 is 1.80 bits per heavy atom. The van der Waals surface area contributed by atoms with E-state index >= 15 is 0 Å². The highest BCUT2D eigenvalue weighted by Gasteiger charge is 2.37. The second-order valence-corrected chi connectivity index (χ2v) is 7.61. The second-order valence-electron chi connectivity index (χ2n) is 6.15. The van der Waals surface area contributed by atoms with Crippen LogP contribution in [-0.2, 0) is 6.18 Å². The van der Waals surface area contributed by atoms with E-state index in [4.69, 9.17) is 11.6 Å². The predicted octanol–water partition coefficient (Wildman–Crippen LogP) is 5.91. The summed E-state index contributed by atoms with van der Waals surface area (Å²) in [7, 11) is 3.95. The average Bonchev–Trinajstić information content (AvgIpc) is 2.53. The number of alkyl halides is 3. The molecule has 0 aliphatic carbocycles. The molecule has 3 rings (SSSR count). The van der Waals surface area contributed by atoms with Crippen LogP contribution in [0.2, 0.25) is 5.02 Å². The van der Waals surface area contributed by atoms with Crippen molar-refractivity contribution in [2.75, 3.05) is 32.1 Å². The first-order valence-corrected chi connectivity index (χ1v) is 9.07. The number of hydrogen-bond acceptors (Lipinski definition) is 3. The molecule has 134 valence electrons. The van der Waals surface area contributed by atoms with Gasteiger partial charge in [-0.25, -0.2) is 0 Å². The molecule has 0 unspecified atom stereocenters. The molecule has 7 heteroatoms. The van der Waals surface area contributed by atoms with Gasteiger partial charge >= 0.3 is 6.18 Å². The maximum Gasteiger partial charge on any atom is 0.417 e. The summed E-state index contributed by atoms with van der Waals surface area (Å²) in [4.78, 5) is 5.75. The van der Waals surface area contributed by atoms with Gasteiger partial charge < -0.3 is 9.80 Å². The molecule has 0 N–H and O–H groups in total. The lowest BCUT2D eigenvalue weighted by Gasteiger charge is -2.34. The SMILES string of the molecule is CN(C)CCCN1c2ccccc2Sc2ccc(C(F)(F)F)c(Cl)c21. The van der Waals surface area contributed by atoms with E-state index in [0.29, 0.717) is 12.2 Å². The molecule has 0 radical (unpaired) electrons. The average molecular weight is 387 g/mol. The van der Waals surface area contributed by atoms with Gasteiger partial charge in [-0.3, -0.25) is 0 Å². The van der Waals surface area contributed by atoms with Gasteiger partial charge in [-0.1, -0.05) is 35.5 Å². The minimum Gasteiger partial charge on any atom is -0.338 e. The number of para-hydroxylation sites is 1. The molecule has 0 aromatic heterocycles. The molecule has 1 aliphatic rings. The van der Waals surface area contributed by atoms with E-state index in [1.165, 1.54) is 17.8 Å². The standard InChI is InChI=1S/C18H18ClF3N2S/c1-23(2)10-5-11-24-13-6-3-4-7-14(13)25-15-9-8-12(18(20,21)22)16(19)17(15)24/h3-4,6-9H,5,10-11H2,1-2H3. The fraction of sp³-hybridized carbons (Fsp3) is 0.333. The Kier molecular flexibility index (Phi) is 5.23. The fourth-order valence-corrected chi connectivity index (χ4v) is 4.42. The van der Waals surface area contributed by atoms with E-state index in [0.717, 1.165) is 34.5 Å². The maximum absolute atomic E-state index is 13.3. The van der Waals surface area contributed by atoms with Crippen molar-refractivity contribution in [2.24, 2.45) is 0 Å². The highest BCUT2D eigenvalue weighted by Crippen LogP contribution is 2.53. The number of benzene rings is 2. The Labute approximate surface area is 154 Å². The van der Waals surface area contributed by atoms with Crippen LogP contribution in [0.1, 0.15) is 12.0 Å². The van der Waals surface area contributed by atoms with Crippen LogP contribution in [0.15, 0.2) is 46.2 Å². The Hall–Kier alpha value is -1.37. The first-order chi connectivity index (χ1) is 11.8. The summed E-state index contributed by atoms with van der Waals surface area (Å²) in [6.45, 7) is 1.45. The van der Waals surface area contributed by atoms with Crippen molar-refractivity contribution in [3.05, 3.63) is 47.0 Å². The Balaban J connectivity index is 2.07. The summed E-state index contributed by atoms with van der Waals surface area (Å²) < 4.78 is 39.8. The monoisotopic (exact) mass is 386 g/mol. The molecule has 0 amide bonds. The molecule has 0 fully saturated rings. The summed E-state index contributed by atoms with van der Waals surface area (Å²) >= 11 is 7.68. The van der Waals surface area contributed by atoms with Crippen molar-refractivity contribution in [3.63, 3.8) is 0 Å². The topological polar surface area (TPSA) is 6.48 Å². The van der Waals surface area contributed by atoms with E-state index in [9.17, 15) is 13.2 Å². The molecular weight excluding hydrogens is 369 g/mol. The summed E-state index contributed by atoms with van der Waals surface area (Å²) in [5.41, 5.74) is 0.574. The molecular formula is C18H18ClF3N2S. The van der Waals surface area contributed by atoms with Crippen molar-refractivity contribution >= 4 is 34.7 Å². The van der Waals surface area contributed by atoms with Gasteiger partial charge in [-0.05, 0) is 51.3 Å². The predicted molar refractivity (Wildman–Crippen MR) is 97.2 cm³/mol. The Morgan fingerprint density at radius 3 is 2.48 bits per heavy atom. The summed E-state index contributed by atoms with van der Waals surface area (Å²) in [5, 5.41) is -0.225. The molecule has 2 aromatic carbocycles. The van der Waals surface area contributed by atoms with Crippen molar-refractivity contribution in [1.29, 1.82) is 0 Å². The van der Waals surface area contributed by atoms with Crippen LogP contribution in [-0.4, -0.2) is 32.1 Å². The van der Waals surface area contributed by atoms with Gasteiger partial charge in [0.25, 0.3) is 0 Å². The zero-order chi connectivity index (χ0) is 18.2. The van der Waals surface area contributed by atoms with Crippen molar-refractivity contribution in [2.45, 2.75) is 22.4 Å². The third-order valence-corrected chi connectivity index (χ3v) is 5.51. The van der Waals surface area contributed by atoms with Crippen LogP contribution in [0.4, 0.5) is 24.5 Å². The molecule has 25 heavy (non-hydrogen) atoms. The van der Waals surface area contributed by atoms with Gasteiger partial charge in [0.2, 0.25) is 0 Å². The number of halogens is 4. The number of nitrogens with zero attached hydrogens (tertiary/aromatic N) is 2. The quantitative estimate of drug-likeness (QED) is 0.644. The van der Waals surface area contributed by atoms with Crippen LogP contribution >= 0.6 is 23.4 Å².